The minimum Gasteiger partial charge on any atom is -0.508 e. The lowest BCUT2D eigenvalue weighted by molar-refractivity contribution is 0.375. The second kappa shape index (κ2) is 6.45. The largest absolute Gasteiger partial charge is 0.508 e. The van der Waals surface area contributed by atoms with Crippen LogP contribution in [0.1, 0.15) is 25.8 Å². The van der Waals surface area contributed by atoms with Crippen molar-refractivity contribution >= 4 is 5.57 Å². The van der Waals surface area contributed by atoms with Crippen molar-refractivity contribution < 1.29 is 5.11 Å². The summed E-state index contributed by atoms with van der Waals surface area (Å²) in [5.41, 5.74) is 2.44. The van der Waals surface area contributed by atoms with Crippen LogP contribution in [0.15, 0.2) is 30.3 Å². The van der Waals surface area contributed by atoms with Crippen molar-refractivity contribution in [3.63, 3.8) is 0 Å². The normalized spacial score (nSPS) is 14.1. The van der Waals surface area contributed by atoms with Crippen LogP contribution < -0.4 is 0 Å². The number of phenols is 1. The van der Waals surface area contributed by atoms with Crippen molar-refractivity contribution in [1.29, 1.82) is 0 Å². The van der Waals surface area contributed by atoms with Crippen LogP contribution >= 0.6 is 0 Å². The van der Waals surface area contributed by atoms with E-state index in [1.54, 1.807) is 6.07 Å². The summed E-state index contributed by atoms with van der Waals surface area (Å²) in [5, 5.41) is 9.56. The summed E-state index contributed by atoms with van der Waals surface area (Å²) >= 11 is 0. The molecule has 0 spiro atoms. The molecule has 0 aliphatic carbocycles. The Morgan fingerprint density at radius 1 is 1.41 bits per heavy atom. The number of aromatic hydroxyl groups is 1. The summed E-state index contributed by atoms with van der Waals surface area (Å²) in [7, 11) is 4.17. The zero-order valence-electron chi connectivity index (χ0n) is 11.3. The fourth-order valence-electron chi connectivity index (χ4n) is 2.16. The number of hydrogen-bond donors (Lipinski definition) is 1. The van der Waals surface area contributed by atoms with Crippen molar-refractivity contribution in [1.82, 2.24) is 4.90 Å². The van der Waals surface area contributed by atoms with Crippen molar-refractivity contribution in [2.75, 3.05) is 20.6 Å². The van der Waals surface area contributed by atoms with E-state index in [0.29, 0.717) is 11.7 Å². The summed E-state index contributed by atoms with van der Waals surface area (Å²) in [6, 6.07) is 7.52. The van der Waals surface area contributed by atoms with E-state index in [0.717, 1.165) is 18.5 Å². The monoisotopic (exact) mass is 233 g/mol. The topological polar surface area (TPSA) is 23.5 Å². The van der Waals surface area contributed by atoms with Gasteiger partial charge in [-0.2, -0.15) is 0 Å². The minimum atomic E-state index is 0.335. The van der Waals surface area contributed by atoms with Gasteiger partial charge in [-0.1, -0.05) is 32.1 Å². The third kappa shape index (κ3) is 4.23. The molecule has 0 heterocycles. The summed E-state index contributed by atoms with van der Waals surface area (Å²) in [5.74, 6) is 0.799. The number of benzene rings is 1. The Labute approximate surface area is 105 Å². The van der Waals surface area contributed by atoms with Crippen LogP contribution in [0.4, 0.5) is 0 Å². The molecule has 17 heavy (non-hydrogen) atoms. The molecular weight excluding hydrogens is 210 g/mol. The molecule has 0 saturated carbocycles. The van der Waals surface area contributed by atoms with Crippen molar-refractivity contribution in [2.45, 2.75) is 20.3 Å². The van der Waals surface area contributed by atoms with Crippen molar-refractivity contribution in [3.8, 4) is 5.75 Å². The fraction of sp³-hybridized carbons (Fsp3) is 0.467. The Hall–Kier alpha value is -1.28. The number of hydrogen-bond acceptors (Lipinski definition) is 2. The molecule has 1 atom stereocenters. The van der Waals surface area contributed by atoms with E-state index in [9.17, 15) is 5.11 Å². The molecule has 0 amide bonds. The molecule has 0 fully saturated rings. The second-order valence-electron chi connectivity index (χ2n) is 4.78. The van der Waals surface area contributed by atoms with Crippen LogP contribution in [0.2, 0.25) is 0 Å². The zero-order valence-corrected chi connectivity index (χ0v) is 11.3. The van der Waals surface area contributed by atoms with Gasteiger partial charge in [-0.25, -0.2) is 0 Å². The molecule has 1 N–H and O–H groups in total. The Morgan fingerprint density at radius 3 is 2.65 bits per heavy atom. The highest BCUT2D eigenvalue weighted by Crippen LogP contribution is 2.26. The molecule has 1 aromatic rings. The van der Waals surface area contributed by atoms with Crippen LogP contribution in [-0.4, -0.2) is 30.6 Å². The Balaban J connectivity index is 2.97. The fourth-order valence-corrected chi connectivity index (χ4v) is 2.16. The van der Waals surface area contributed by atoms with E-state index in [-0.39, 0.29) is 0 Å². The van der Waals surface area contributed by atoms with Gasteiger partial charge in [-0.05, 0) is 49.7 Å². The molecule has 1 rings (SSSR count). The third-order valence-electron chi connectivity index (χ3n) is 2.77. The highest BCUT2D eigenvalue weighted by molar-refractivity contribution is 5.68. The van der Waals surface area contributed by atoms with E-state index in [1.165, 1.54) is 5.57 Å². The average molecular weight is 233 g/mol. The van der Waals surface area contributed by atoms with Gasteiger partial charge in [0.25, 0.3) is 0 Å². The molecule has 1 aromatic carbocycles. The van der Waals surface area contributed by atoms with Gasteiger partial charge in [0, 0.05) is 6.54 Å². The predicted molar refractivity (Wildman–Crippen MR) is 74.1 cm³/mol. The van der Waals surface area contributed by atoms with Crippen LogP contribution in [0.25, 0.3) is 5.57 Å². The lowest BCUT2D eigenvalue weighted by Gasteiger charge is -2.20. The molecule has 1 unspecified atom stereocenters. The van der Waals surface area contributed by atoms with Gasteiger partial charge < -0.3 is 10.0 Å². The van der Waals surface area contributed by atoms with E-state index in [2.05, 4.69) is 45.0 Å². The molecule has 0 saturated heterocycles. The first-order valence-electron chi connectivity index (χ1n) is 6.18. The molecule has 2 nitrogen and oxygen atoms in total. The SMILES string of the molecule is CC/C=C(/c1cccc(O)c1)C(C)CN(C)C. The molecule has 0 radical (unpaired) electrons. The molecular formula is C15H23NO. The Morgan fingerprint density at radius 2 is 2.12 bits per heavy atom. The predicted octanol–water partition coefficient (Wildman–Crippen LogP) is 3.38. The average Bonchev–Trinajstić information content (AvgIpc) is 2.24. The molecule has 0 aliphatic heterocycles. The Kier molecular flexibility index (Phi) is 5.23. The number of nitrogens with zero attached hydrogens (tertiary/aromatic N) is 1. The van der Waals surface area contributed by atoms with Gasteiger partial charge in [-0.15, -0.1) is 0 Å². The second-order valence-corrected chi connectivity index (χ2v) is 4.78. The highest BCUT2D eigenvalue weighted by atomic mass is 16.3. The van der Waals surface area contributed by atoms with Gasteiger partial charge in [0.2, 0.25) is 0 Å². The van der Waals surface area contributed by atoms with E-state index >= 15 is 0 Å². The third-order valence-corrected chi connectivity index (χ3v) is 2.77. The number of allylic oxidation sites excluding steroid dienone is 1. The maximum Gasteiger partial charge on any atom is 0.116 e. The number of phenolic OH excluding ortho intramolecular Hbond substituents is 1. The van der Waals surface area contributed by atoms with Crippen LogP contribution in [-0.2, 0) is 0 Å². The maximum atomic E-state index is 9.56. The molecule has 94 valence electrons. The molecule has 0 aromatic heterocycles. The first-order chi connectivity index (χ1) is 8.04. The van der Waals surface area contributed by atoms with Gasteiger partial charge in [0.15, 0.2) is 0 Å². The standard InChI is InChI=1S/C15H23NO/c1-5-7-15(12(2)11-16(3)4)13-8-6-9-14(17)10-13/h6-10,12,17H,5,11H2,1-4H3/b15-7+. The van der Waals surface area contributed by atoms with Gasteiger partial charge in [0.1, 0.15) is 5.75 Å². The number of rotatable bonds is 5. The van der Waals surface area contributed by atoms with Gasteiger partial charge >= 0.3 is 0 Å². The quantitative estimate of drug-likeness (QED) is 0.842. The highest BCUT2D eigenvalue weighted by Gasteiger charge is 2.12. The summed E-state index contributed by atoms with van der Waals surface area (Å²) < 4.78 is 0. The first-order valence-corrected chi connectivity index (χ1v) is 6.18. The van der Waals surface area contributed by atoms with Gasteiger partial charge in [-0.3, -0.25) is 0 Å². The smallest absolute Gasteiger partial charge is 0.116 e. The zero-order chi connectivity index (χ0) is 12.8. The maximum absolute atomic E-state index is 9.56. The summed E-state index contributed by atoms with van der Waals surface area (Å²) in [6.07, 6.45) is 3.27. The summed E-state index contributed by atoms with van der Waals surface area (Å²) in [4.78, 5) is 2.19. The van der Waals surface area contributed by atoms with E-state index < -0.39 is 0 Å². The van der Waals surface area contributed by atoms with Gasteiger partial charge in [0.05, 0.1) is 0 Å². The van der Waals surface area contributed by atoms with Crippen molar-refractivity contribution in [3.05, 3.63) is 35.9 Å². The van der Waals surface area contributed by atoms with Crippen LogP contribution in [0.5, 0.6) is 5.75 Å². The van der Waals surface area contributed by atoms with Crippen molar-refractivity contribution in [2.24, 2.45) is 5.92 Å². The van der Waals surface area contributed by atoms with E-state index in [4.69, 9.17) is 0 Å². The Bertz CT molecular complexity index is 382. The lowest BCUT2D eigenvalue weighted by atomic mass is 9.92. The molecule has 0 aliphatic rings. The molecule has 0 bridgehead atoms. The molecule has 2 heteroatoms. The lowest BCUT2D eigenvalue weighted by Crippen LogP contribution is -2.20. The minimum absolute atomic E-state index is 0.335. The van der Waals surface area contributed by atoms with E-state index in [1.807, 2.05) is 12.1 Å². The first kappa shape index (κ1) is 13.8. The summed E-state index contributed by atoms with van der Waals surface area (Å²) in [6.45, 7) is 5.39. The van der Waals surface area contributed by atoms with Crippen LogP contribution in [0.3, 0.4) is 0 Å². The van der Waals surface area contributed by atoms with Crippen LogP contribution in [0, 0.1) is 5.92 Å².